The van der Waals surface area contributed by atoms with Crippen LogP contribution in [0.15, 0.2) is 42.5 Å². The Labute approximate surface area is 147 Å². The van der Waals surface area contributed by atoms with Crippen molar-refractivity contribution < 1.29 is 19.0 Å². The summed E-state index contributed by atoms with van der Waals surface area (Å²) in [6.07, 6.45) is 0.994. The second kappa shape index (κ2) is 8.03. The molecule has 1 N–H and O–H groups in total. The third kappa shape index (κ3) is 4.51. The molecule has 1 unspecified atom stereocenters. The summed E-state index contributed by atoms with van der Waals surface area (Å²) in [5.74, 6) is 1.25. The molecule has 132 valence electrons. The SMILES string of the molecule is CCOc1cc2c(cc1NC(=O)COCc1ccccc1)OC(C)C2. The summed E-state index contributed by atoms with van der Waals surface area (Å²) < 4.78 is 16.9. The normalized spacial score (nSPS) is 15.4. The van der Waals surface area contributed by atoms with E-state index in [1.807, 2.05) is 56.3 Å². The van der Waals surface area contributed by atoms with E-state index in [9.17, 15) is 4.79 Å². The van der Waals surface area contributed by atoms with Crippen molar-refractivity contribution in [2.24, 2.45) is 0 Å². The van der Waals surface area contributed by atoms with E-state index < -0.39 is 0 Å². The highest BCUT2D eigenvalue weighted by Gasteiger charge is 2.22. The predicted octanol–water partition coefficient (Wildman–Crippen LogP) is 3.56. The van der Waals surface area contributed by atoms with Gasteiger partial charge in [-0.25, -0.2) is 0 Å². The first kappa shape index (κ1) is 17.3. The van der Waals surface area contributed by atoms with Crippen LogP contribution in [0.3, 0.4) is 0 Å². The standard InChI is InChI=1S/C20H23NO4/c1-3-24-19-10-16-9-14(2)25-18(16)11-17(19)21-20(22)13-23-12-15-7-5-4-6-8-15/h4-8,10-11,14H,3,9,12-13H2,1-2H3,(H,21,22). The van der Waals surface area contributed by atoms with Crippen LogP contribution >= 0.6 is 0 Å². The van der Waals surface area contributed by atoms with Crippen LogP contribution in [0, 0.1) is 0 Å². The minimum absolute atomic E-state index is 0.0190. The highest BCUT2D eigenvalue weighted by atomic mass is 16.5. The van der Waals surface area contributed by atoms with Gasteiger partial charge in [-0.05, 0) is 25.5 Å². The number of carbonyl (C=O) groups excluding carboxylic acids is 1. The molecule has 3 rings (SSSR count). The molecule has 1 aliphatic heterocycles. The van der Waals surface area contributed by atoms with Gasteiger partial charge >= 0.3 is 0 Å². The first-order valence-electron chi connectivity index (χ1n) is 8.53. The molecule has 25 heavy (non-hydrogen) atoms. The molecule has 2 aromatic carbocycles. The third-order valence-electron chi connectivity index (χ3n) is 3.92. The smallest absolute Gasteiger partial charge is 0.250 e. The van der Waals surface area contributed by atoms with Gasteiger partial charge in [0.1, 0.15) is 24.2 Å². The average molecular weight is 341 g/mol. The summed E-state index contributed by atoms with van der Waals surface area (Å²) in [5.41, 5.74) is 2.75. The molecule has 0 bridgehead atoms. The lowest BCUT2D eigenvalue weighted by Crippen LogP contribution is -2.19. The maximum Gasteiger partial charge on any atom is 0.250 e. The van der Waals surface area contributed by atoms with E-state index in [1.54, 1.807) is 0 Å². The average Bonchev–Trinajstić information content (AvgIpc) is 2.95. The molecule has 1 amide bonds. The molecular weight excluding hydrogens is 318 g/mol. The van der Waals surface area contributed by atoms with E-state index in [2.05, 4.69) is 5.32 Å². The summed E-state index contributed by atoms with van der Waals surface area (Å²) in [6, 6.07) is 13.5. The lowest BCUT2D eigenvalue weighted by Gasteiger charge is -2.13. The summed E-state index contributed by atoms with van der Waals surface area (Å²) in [7, 11) is 0. The number of ether oxygens (including phenoxy) is 3. The Balaban J connectivity index is 1.61. The van der Waals surface area contributed by atoms with Crippen molar-refractivity contribution in [2.45, 2.75) is 33.0 Å². The Morgan fingerprint density at radius 2 is 2.08 bits per heavy atom. The van der Waals surface area contributed by atoms with Crippen LogP contribution in [0.1, 0.15) is 25.0 Å². The molecule has 1 heterocycles. The maximum atomic E-state index is 12.2. The van der Waals surface area contributed by atoms with Gasteiger partial charge in [0.05, 0.1) is 18.9 Å². The molecule has 5 heteroatoms. The van der Waals surface area contributed by atoms with Crippen LogP contribution in [0.2, 0.25) is 0 Å². The minimum atomic E-state index is -0.220. The topological polar surface area (TPSA) is 56.8 Å². The summed E-state index contributed by atoms with van der Waals surface area (Å²) in [5, 5.41) is 2.86. The number of nitrogens with one attached hydrogen (secondary N) is 1. The van der Waals surface area contributed by atoms with E-state index in [0.29, 0.717) is 24.7 Å². The molecule has 5 nitrogen and oxygen atoms in total. The van der Waals surface area contributed by atoms with E-state index in [4.69, 9.17) is 14.2 Å². The van der Waals surface area contributed by atoms with Crippen LogP contribution in [-0.2, 0) is 22.6 Å². The first-order valence-corrected chi connectivity index (χ1v) is 8.53. The van der Waals surface area contributed by atoms with E-state index in [1.165, 1.54) is 0 Å². The molecule has 0 fully saturated rings. The number of benzene rings is 2. The van der Waals surface area contributed by atoms with E-state index in [0.717, 1.165) is 23.3 Å². The number of anilines is 1. The molecule has 1 aliphatic rings. The van der Waals surface area contributed by atoms with Gasteiger partial charge < -0.3 is 19.5 Å². The highest BCUT2D eigenvalue weighted by molar-refractivity contribution is 5.93. The highest BCUT2D eigenvalue weighted by Crippen LogP contribution is 2.38. The van der Waals surface area contributed by atoms with Gasteiger partial charge in [0.25, 0.3) is 0 Å². The quantitative estimate of drug-likeness (QED) is 0.836. The van der Waals surface area contributed by atoms with Gasteiger partial charge in [-0.15, -0.1) is 0 Å². The molecule has 1 atom stereocenters. The second-order valence-corrected chi connectivity index (χ2v) is 6.05. The van der Waals surface area contributed by atoms with Crippen LogP contribution < -0.4 is 14.8 Å². The first-order chi connectivity index (χ1) is 12.2. The molecular formula is C20H23NO4. The number of rotatable bonds is 7. The number of hydrogen-bond acceptors (Lipinski definition) is 4. The van der Waals surface area contributed by atoms with Crippen molar-refractivity contribution in [3.8, 4) is 11.5 Å². The lowest BCUT2D eigenvalue weighted by atomic mass is 10.1. The molecule has 2 aromatic rings. The maximum absolute atomic E-state index is 12.2. The molecule has 0 saturated carbocycles. The molecule has 0 aliphatic carbocycles. The number of carbonyl (C=O) groups is 1. The van der Waals surface area contributed by atoms with Crippen molar-refractivity contribution >= 4 is 11.6 Å². The molecule has 0 saturated heterocycles. The van der Waals surface area contributed by atoms with Gasteiger partial charge in [-0.2, -0.15) is 0 Å². The fourth-order valence-corrected chi connectivity index (χ4v) is 2.83. The Hall–Kier alpha value is -2.53. The number of amides is 1. The van der Waals surface area contributed by atoms with E-state index >= 15 is 0 Å². The van der Waals surface area contributed by atoms with Crippen LogP contribution in [0.25, 0.3) is 0 Å². The molecule has 0 radical (unpaired) electrons. The van der Waals surface area contributed by atoms with Crippen molar-refractivity contribution in [3.63, 3.8) is 0 Å². The Kier molecular flexibility index (Phi) is 5.56. The summed E-state index contributed by atoms with van der Waals surface area (Å²) in [6.45, 7) is 4.85. The van der Waals surface area contributed by atoms with Gasteiger partial charge in [-0.3, -0.25) is 4.79 Å². The zero-order chi connectivity index (χ0) is 17.6. The molecule has 0 aromatic heterocycles. The monoisotopic (exact) mass is 341 g/mol. The lowest BCUT2D eigenvalue weighted by molar-refractivity contribution is -0.121. The van der Waals surface area contributed by atoms with Gasteiger partial charge in [-0.1, -0.05) is 30.3 Å². The van der Waals surface area contributed by atoms with Crippen molar-refractivity contribution in [1.29, 1.82) is 0 Å². The Morgan fingerprint density at radius 3 is 2.84 bits per heavy atom. The van der Waals surface area contributed by atoms with Gasteiger partial charge in [0, 0.05) is 18.1 Å². The van der Waals surface area contributed by atoms with Crippen LogP contribution in [-0.4, -0.2) is 25.2 Å². The largest absolute Gasteiger partial charge is 0.492 e. The summed E-state index contributed by atoms with van der Waals surface area (Å²) >= 11 is 0. The zero-order valence-electron chi connectivity index (χ0n) is 14.6. The van der Waals surface area contributed by atoms with Crippen LogP contribution in [0.4, 0.5) is 5.69 Å². The number of fused-ring (bicyclic) bond motifs is 1. The third-order valence-corrected chi connectivity index (χ3v) is 3.92. The predicted molar refractivity (Wildman–Crippen MR) is 96.1 cm³/mol. The van der Waals surface area contributed by atoms with Gasteiger partial charge in [0.15, 0.2) is 0 Å². The fourth-order valence-electron chi connectivity index (χ4n) is 2.83. The Morgan fingerprint density at radius 1 is 1.28 bits per heavy atom. The van der Waals surface area contributed by atoms with Gasteiger partial charge in [0.2, 0.25) is 5.91 Å². The Bertz CT molecular complexity index is 730. The number of hydrogen-bond donors (Lipinski definition) is 1. The van der Waals surface area contributed by atoms with Crippen molar-refractivity contribution in [1.82, 2.24) is 0 Å². The summed E-state index contributed by atoms with van der Waals surface area (Å²) in [4.78, 5) is 12.2. The molecule has 0 spiro atoms. The second-order valence-electron chi connectivity index (χ2n) is 6.05. The van der Waals surface area contributed by atoms with Crippen molar-refractivity contribution in [3.05, 3.63) is 53.6 Å². The van der Waals surface area contributed by atoms with E-state index in [-0.39, 0.29) is 18.6 Å². The van der Waals surface area contributed by atoms with Crippen LogP contribution in [0.5, 0.6) is 11.5 Å². The fraction of sp³-hybridized carbons (Fsp3) is 0.350. The van der Waals surface area contributed by atoms with Crippen molar-refractivity contribution in [2.75, 3.05) is 18.5 Å². The zero-order valence-corrected chi connectivity index (χ0v) is 14.6. The minimum Gasteiger partial charge on any atom is -0.492 e.